The number of amides is 1. The lowest BCUT2D eigenvalue weighted by atomic mass is 9.84. The number of carbonyl (C=O) groups excluding carboxylic acids is 2. The molecule has 0 N–H and O–H groups in total. The second-order valence-electron chi connectivity index (χ2n) is 7.88. The first kappa shape index (κ1) is 23.6. The van der Waals surface area contributed by atoms with Gasteiger partial charge in [-0.15, -0.1) is 0 Å². The Bertz CT molecular complexity index is 930. The summed E-state index contributed by atoms with van der Waals surface area (Å²) in [6.07, 6.45) is 2.50. The van der Waals surface area contributed by atoms with Crippen LogP contribution >= 0.6 is 0 Å². The van der Waals surface area contributed by atoms with E-state index in [4.69, 9.17) is 14.2 Å². The molecule has 1 heterocycles. The molecule has 1 amide bonds. The summed E-state index contributed by atoms with van der Waals surface area (Å²) in [7, 11) is 2.99. The number of benzene rings is 2. The first-order chi connectivity index (χ1) is 15.5. The zero-order chi connectivity index (χ0) is 23.1. The minimum absolute atomic E-state index is 0.0422. The highest BCUT2D eigenvalue weighted by molar-refractivity contribution is 5.82. The van der Waals surface area contributed by atoms with Crippen molar-refractivity contribution in [2.24, 2.45) is 5.92 Å². The number of methoxy groups -OCH3 is 2. The Morgan fingerprint density at radius 2 is 1.88 bits per heavy atom. The van der Waals surface area contributed by atoms with Crippen molar-refractivity contribution < 1.29 is 28.2 Å². The van der Waals surface area contributed by atoms with Crippen molar-refractivity contribution >= 4 is 11.9 Å². The topological polar surface area (TPSA) is 65.1 Å². The van der Waals surface area contributed by atoms with E-state index in [9.17, 15) is 14.0 Å². The molecule has 2 aromatic rings. The Labute approximate surface area is 188 Å². The summed E-state index contributed by atoms with van der Waals surface area (Å²) in [5.74, 6) is -0.516. The molecule has 0 aromatic heterocycles. The molecule has 0 radical (unpaired) electrons. The van der Waals surface area contributed by atoms with Gasteiger partial charge in [0.15, 0.2) is 11.6 Å². The SMILES string of the molecule is CCCCN1C(=O)CC[C@H](C(=O)OCc2ccc(OC)c(F)c2)[C@@H]1c1ccc(OC)cc1. The van der Waals surface area contributed by atoms with Crippen molar-refractivity contribution in [3.8, 4) is 11.5 Å². The molecule has 0 spiro atoms. The van der Waals surface area contributed by atoms with Gasteiger partial charge in [-0.2, -0.15) is 0 Å². The third-order valence-electron chi connectivity index (χ3n) is 5.82. The highest BCUT2D eigenvalue weighted by Gasteiger charge is 2.41. The molecule has 0 bridgehead atoms. The highest BCUT2D eigenvalue weighted by atomic mass is 19.1. The minimum Gasteiger partial charge on any atom is -0.497 e. The Kier molecular flexibility index (Phi) is 8.09. The van der Waals surface area contributed by atoms with Gasteiger partial charge in [-0.3, -0.25) is 9.59 Å². The number of rotatable bonds is 9. The number of unbranched alkanes of at least 4 members (excludes halogenated alkanes) is 1. The number of hydrogen-bond acceptors (Lipinski definition) is 5. The van der Waals surface area contributed by atoms with E-state index in [0.29, 0.717) is 30.7 Å². The molecule has 1 saturated heterocycles. The molecule has 1 aliphatic heterocycles. The lowest BCUT2D eigenvalue weighted by Crippen LogP contribution is -2.46. The molecule has 3 rings (SSSR count). The molecular formula is C25H30FNO5. The second-order valence-corrected chi connectivity index (χ2v) is 7.88. The quantitative estimate of drug-likeness (QED) is 0.527. The first-order valence-corrected chi connectivity index (χ1v) is 10.9. The van der Waals surface area contributed by atoms with Crippen LogP contribution in [0, 0.1) is 11.7 Å². The summed E-state index contributed by atoms with van der Waals surface area (Å²) in [5.41, 5.74) is 1.40. The van der Waals surface area contributed by atoms with Gasteiger partial charge in [-0.1, -0.05) is 31.5 Å². The van der Waals surface area contributed by atoms with Crippen molar-refractivity contribution in [1.82, 2.24) is 4.90 Å². The molecule has 0 unspecified atom stereocenters. The molecule has 32 heavy (non-hydrogen) atoms. The normalized spacial score (nSPS) is 18.4. The van der Waals surface area contributed by atoms with Gasteiger partial charge in [-0.05, 0) is 48.2 Å². The number of carbonyl (C=O) groups is 2. The molecule has 0 aliphatic carbocycles. The maximum absolute atomic E-state index is 14.0. The Hall–Kier alpha value is -3.09. The van der Waals surface area contributed by atoms with Gasteiger partial charge < -0.3 is 19.1 Å². The maximum Gasteiger partial charge on any atom is 0.311 e. The fourth-order valence-electron chi connectivity index (χ4n) is 4.07. The van der Waals surface area contributed by atoms with Crippen LogP contribution in [0.15, 0.2) is 42.5 Å². The van der Waals surface area contributed by atoms with Gasteiger partial charge in [0.25, 0.3) is 0 Å². The van der Waals surface area contributed by atoms with Crippen molar-refractivity contribution in [3.05, 3.63) is 59.4 Å². The van der Waals surface area contributed by atoms with Gasteiger partial charge in [-0.25, -0.2) is 4.39 Å². The lowest BCUT2D eigenvalue weighted by molar-refractivity contribution is -0.158. The van der Waals surface area contributed by atoms with Crippen LogP contribution in [0.4, 0.5) is 4.39 Å². The predicted octanol–water partition coefficient (Wildman–Crippen LogP) is 4.67. The molecule has 1 fully saturated rings. The van der Waals surface area contributed by atoms with Crippen LogP contribution in [0.3, 0.4) is 0 Å². The third kappa shape index (κ3) is 5.39. The van der Waals surface area contributed by atoms with Crippen LogP contribution < -0.4 is 9.47 Å². The van der Waals surface area contributed by atoms with Crippen LogP contribution in [-0.4, -0.2) is 37.5 Å². The summed E-state index contributed by atoms with van der Waals surface area (Å²) >= 11 is 0. The molecule has 172 valence electrons. The fraction of sp³-hybridized carbons (Fsp3) is 0.440. The first-order valence-electron chi connectivity index (χ1n) is 10.9. The molecule has 2 aromatic carbocycles. The van der Waals surface area contributed by atoms with Crippen LogP contribution in [-0.2, 0) is 20.9 Å². The second kappa shape index (κ2) is 11.0. The number of ether oxygens (including phenoxy) is 3. The molecule has 7 heteroatoms. The van der Waals surface area contributed by atoms with Crippen molar-refractivity contribution in [1.29, 1.82) is 0 Å². The largest absolute Gasteiger partial charge is 0.497 e. The summed E-state index contributed by atoms with van der Waals surface area (Å²) in [6, 6.07) is 11.5. The Morgan fingerprint density at radius 1 is 1.12 bits per heavy atom. The van der Waals surface area contributed by atoms with Crippen LogP contribution in [0.2, 0.25) is 0 Å². The fourth-order valence-corrected chi connectivity index (χ4v) is 4.07. The summed E-state index contributed by atoms with van der Waals surface area (Å²) in [5, 5.41) is 0. The van der Waals surface area contributed by atoms with Gasteiger partial charge >= 0.3 is 5.97 Å². The molecule has 1 aliphatic rings. The van der Waals surface area contributed by atoms with E-state index in [2.05, 4.69) is 6.92 Å². The number of esters is 1. The van der Waals surface area contributed by atoms with E-state index in [-0.39, 0.29) is 18.3 Å². The van der Waals surface area contributed by atoms with Crippen molar-refractivity contribution in [2.45, 2.75) is 45.3 Å². The average Bonchev–Trinajstić information content (AvgIpc) is 2.81. The highest BCUT2D eigenvalue weighted by Crippen LogP contribution is 2.38. The zero-order valence-corrected chi connectivity index (χ0v) is 18.8. The lowest BCUT2D eigenvalue weighted by Gasteiger charge is -2.40. The van der Waals surface area contributed by atoms with Crippen LogP contribution in [0.25, 0.3) is 0 Å². The van der Waals surface area contributed by atoms with E-state index in [1.807, 2.05) is 24.3 Å². The molecular weight excluding hydrogens is 413 g/mol. The monoisotopic (exact) mass is 443 g/mol. The number of likely N-dealkylation sites (tertiary alicyclic amines) is 1. The Balaban J connectivity index is 1.81. The van der Waals surface area contributed by atoms with Gasteiger partial charge in [0, 0.05) is 13.0 Å². The third-order valence-corrected chi connectivity index (χ3v) is 5.82. The van der Waals surface area contributed by atoms with E-state index in [0.717, 1.165) is 18.4 Å². The number of halogens is 1. The van der Waals surface area contributed by atoms with Crippen molar-refractivity contribution in [3.63, 3.8) is 0 Å². The van der Waals surface area contributed by atoms with E-state index < -0.39 is 23.7 Å². The molecule has 2 atom stereocenters. The van der Waals surface area contributed by atoms with E-state index in [1.165, 1.54) is 19.2 Å². The molecule has 0 saturated carbocycles. The molecule has 6 nitrogen and oxygen atoms in total. The summed E-state index contributed by atoms with van der Waals surface area (Å²) in [6.45, 7) is 2.60. The van der Waals surface area contributed by atoms with Crippen molar-refractivity contribution in [2.75, 3.05) is 20.8 Å². The summed E-state index contributed by atoms with van der Waals surface area (Å²) < 4.78 is 29.7. The van der Waals surface area contributed by atoms with Crippen LogP contribution in [0.1, 0.15) is 49.8 Å². The smallest absolute Gasteiger partial charge is 0.311 e. The van der Waals surface area contributed by atoms with E-state index in [1.54, 1.807) is 18.1 Å². The number of nitrogens with zero attached hydrogens (tertiary/aromatic N) is 1. The van der Waals surface area contributed by atoms with E-state index >= 15 is 0 Å². The average molecular weight is 444 g/mol. The van der Waals surface area contributed by atoms with Gasteiger partial charge in [0.1, 0.15) is 12.4 Å². The number of piperidine rings is 1. The summed E-state index contributed by atoms with van der Waals surface area (Å²) in [4.78, 5) is 27.7. The maximum atomic E-state index is 14.0. The standard InChI is InChI=1S/C25H30FNO5/c1-4-5-14-27-23(28)13-11-20(24(27)18-7-9-19(30-2)10-8-18)25(29)32-16-17-6-12-22(31-3)21(26)15-17/h6-10,12,15,20,24H,4-5,11,13-14,16H2,1-3H3/t20-,24-/m0/s1. The minimum atomic E-state index is -0.508. The number of hydrogen-bond donors (Lipinski definition) is 0. The van der Waals surface area contributed by atoms with Gasteiger partial charge in [0.05, 0.1) is 26.2 Å². The zero-order valence-electron chi connectivity index (χ0n) is 18.8. The van der Waals surface area contributed by atoms with Gasteiger partial charge in [0.2, 0.25) is 5.91 Å². The predicted molar refractivity (Wildman–Crippen MR) is 118 cm³/mol. The van der Waals surface area contributed by atoms with Crippen LogP contribution in [0.5, 0.6) is 11.5 Å². The Morgan fingerprint density at radius 3 is 2.50 bits per heavy atom.